The topological polar surface area (TPSA) is 62.2 Å². The fraction of sp³-hybridized carbons (Fsp3) is 0.200. The van der Waals surface area contributed by atoms with E-state index in [9.17, 15) is 13.2 Å². The molecule has 0 saturated heterocycles. The predicted octanol–water partition coefficient (Wildman–Crippen LogP) is 3.57. The average Bonchev–Trinajstić information content (AvgIpc) is 2.29. The monoisotopic (exact) mass is 339 g/mol. The lowest BCUT2D eigenvalue weighted by Gasteiger charge is -2.10. The number of nitrogens with zero attached hydrogens (tertiary/aromatic N) is 2. The van der Waals surface area contributed by atoms with Crippen LogP contribution < -0.4 is 5.73 Å². The Morgan fingerprint density at radius 2 is 2.11 bits per heavy atom. The van der Waals surface area contributed by atoms with Gasteiger partial charge in [-0.15, -0.1) is 11.6 Å². The Bertz CT molecular complexity index is 534. The minimum absolute atomic E-state index is 0.0183. The van der Waals surface area contributed by atoms with Gasteiger partial charge in [0.2, 0.25) is 0 Å². The zero-order valence-electron chi connectivity index (χ0n) is 8.72. The van der Waals surface area contributed by atoms with Crippen molar-refractivity contribution in [2.75, 3.05) is 5.88 Å². The van der Waals surface area contributed by atoms with Gasteiger partial charge in [0.05, 0.1) is 28.8 Å². The van der Waals surface area contributed by atoms with E-state index in [0.29, 0.717) is 0 Å². The van der Waals surface area contributed by atoms with Crippen LogP contribution in [0, 0.1) is 11.3 Å². The number of alkyl halides is 4. The number of halogens is 5. The summed E-state index contributed by atoms with van der Waals surface area (Å²) < 4.78 is 38.3. The summed E-state index contributed by atoms with van der Waals surface area (Å²) >= 11 is 8.42. The van der Waals surface area contributed by atoms with Crippen LogP contribution in [0.2, 0.25) is 0 Å². The molecule has 1 aromatic rings. The molecule has 0 bridgehead atoms. The third-order valence-electron chi connectivity index (χ3n) is 1.91. The van der Waals surface area contributed by atoms with Crippen LogP contribution >= 0.6 is 27.5 Å². The van der Waals surface area contributed by atoms with Crippen molar-refractivity contribution in [1.29, 1.82) is 5.26 Å². The number of hydrogen-bond acceptors (Lipinski definition) is 2. The molecule has 1 aromatic carbocycles. The third kappa shape index (κ3) is 3.37. The first-order valence-corrected chi connectivity index (χ1v) is 5.82. The minimum Gasteiger partial charge on any atom is -0.386 e. The first-order chi connectivity index (χ1) is 8.29. The van der Waals surface area contributed by atoms with Crippen molar-refractivity contribution in [1.82, 2.24) is 0 Å². The van der Waals surface area contributed by atoms with Gasteiger partial charge < -0.3 is 5.73 Å². The van der Waals surface area contributed by atoms with Crippen LogP contribution in [-0.2, 0) is 6.18 Å². The largest absolute Gasteiger partial charge is 0.417 e. The van der Waals surface area contributed by atoms with E-state index in [4.69, 9.17) is 22.6 Å². The highest BCUT2D eigenvalue weighted by Gasteiger charge is 2.34. The standard InChI is InChI=1S/C10H6BrClF3N3/c11-7-1-5(4-16)6(10(13,14)15)2-8(7)18-9(17)3-12/h1-2H,3H2,(H2,17,18). The van der Waals surface area contributed by atoms with E-state index < -0.39 is 17.3 Å². The summed E-state index contributed by atoms with van der Waals surface area (Å²) in [4.78, 5) is 3.73. The number of nitrogens with two attached hydrogens (primary N) is 1. The number of rotatable bonds is 2. The first-order valence-electron chi connectivity index (χ1n) is 4.49. The molecule has 1 rings (SSSR count). The second-order valence-corrected chi connectivity index (χ2v) is 4.32. The smallest absolute Gasteiger partial charge is 0.386 e. The summed E-state index contributed by atoms with van der Waals surface area (Å²) in [6.45, 7) is 0. The van der Waals surface area contributed by atoms with Crippen LogP contribution in [0.3, 0.4) is 0 Å². The van der Waals surface area contributed by atoms with E-state index in [1.807, 2.05) is 0 Å². The summed E-state index contributed by atoms with van der Waals surface area (Å²) in [5.74, 6) is -0.122. The Kier molecular flexibility index (Phi) is 4.59. The van der Waals surface area contributed by atoms with Gasteiger partial charge in [0.25, 0.3) is 0 Å². The van der Waals surface area contributed by atoms with Gasteiger partial charge in [0, 0.05) is 4.47 Å². The minimum atomic E-state index is -4.63. The highest BCUT2D eigenvalue weighted by Crippen LogP contribution is 2.37. The van der Waals surface area contributed by atoms with E-state index in [1.165, 1.54) is 6.07 Å². The molecule has 2 N–H and O–H groups in total. The van der Waals surface area contributed by atoms with Gasteiger partial charge in [-0.3, -0.25) is 0 Å². The number of hydrogen-bond donors (Lipinski definition) is 1. The van der Waals surface area contributed by atoms with Crippen molar-refractivity contribution >= 4 is 39.1 Å². The zero-order chi connectivity index (χ0) is 13.9. The Balaban J connectivity index is 3.46. The van der Waals surface area contributed by atoms with Crippen molar-refractivity contribution in [2.45, 2.75) is 6.18 Å². The summed E-state index contributed by atoms with van der Waals surface area (Å²) in [5.41, 5.74) is 3.78. The molecule has 0 radical (unpaired) electrons. The van der Waals surface area contributed by atoms with Gasteiger partial charge in [-0.2, -0.15) is 18.4 Å². The van der Waals surface area contributed by atoms with Crippen LogP contribution in [0.1, 0.15) is 11.1 Å². The molecular weight excluding hydrogens is 334 g/mol. The summed E-state index contributed by atoms with van der Waals surface area (Å²) in [5, 5.41) is 8.67. The highest BCUT2D eigenvalue weighted by molar-refractivity contribution is 9.10. The van der Waals surface area contributed by atoms with Crippen molar-refractivity contribution in [3.05, 3.63) is 27.7 Å². The van der Waals surface area contributed by atoms with Gasteiger partial charge in [0.15, 0.2) is 0 Å². The van der Waals surface area contributed by atoms with Crippen molar-refractivity contribution in [3.8, 4) is 6.07 Å². The molecule has 0 spiro atoms. The van der Waals surface area contributed by atoms with Gasteiger partial charge in [-0.1, -0.05) is 0 Å². The molecule has 0 heterocycles. The first kappa shape index (κ1) is 14.8. The second-order valence-electron chi connectivity index (χ2n) is 3.20. The molecule has 0 aliphatic carbocycles. The van der Waals surface area contributed by atoms with E-state index in [1.54, 1.807) is 0 Å². The molecule has 96 valence electrons. The maximum Gasteiger partial charge on any atom is 0.417 e. The number of nitriles is 1. The van der Waals surface area contributed by atoms with E-state index in [-0.39, 0.29) is 21.9 Å². The SMILES string of the molecule is N#Cc1cc(Br)c(N=C(N)CCl)cc1C(F)(F)F. The average molecular weight is 341 g/mol. The maximum atomic E-state index is 12.7. The fourth-order valence-electron chi connectivity index (χ4n) is 1.16. The van der Waals surface area contributed by atoms with Crippen molar-refractivity contribution in [2.24, 2.45) is 10.7 Å². The predicted molar refractivity (Wildman–Crippen MR) is 65.9 cm³/mol. The Morgan fingerprint density at radius 1 is 1.50 bits per heavy atom. The maximum absolute atomic E-state index is 12.7. The van der Waals surface area contributed by atoms with Crippen molar-refractivity contribution < 1.29 is 13.2 Å². The molecule has 0 saturated carbocycles. The van der Waals surface area contributed by atoms with Crippen molar-refractivity contribution in [3.63, 3.8) is 0 Å². The number of benzene rings is 1. The van der Waals surface area contributed by atoms with Crippen LogP contribution in [-0.4, -0.2) is 11.7 Å². The molecular formula is C10H6BrClF3N3. The second kappa shape index (κ2) is 5.59. The number of aliphatic imine (C=N–C) groups is 1. The highest BCUT2D eigenvalue weighted by atomic mass is 79.9. The molecule has 0 aromatic heterocycles. The fourth-order valence-corrected chi connectivity index (χ4v) is 1.65. The summed E-state index contributed by atoms with van der Waals surface area (Å²) in [6.07, 6.45) is -4.63. The molecule has 0 atom stereocenters. The molecule has 0 aliphatic heterocycles. The van der Waals surface area contributed by atoms with Crippen LogP contribution in [0.4, 0.5) is 18.9 Å². The lowest BCUT2D eigenvalue weighted by molar-refractivity contribution is -0.137. The number of amidine groups is 1. The zero-order valence-corrected chi connectivity index (χ0v) is 11.1. The van der Waals surface area contributed by atoms with Gasteiger partial charge >= 0.3 is 6.18 Å². The molecule has 0 amide bonds. The van der Waals surface area contributed by atoms with Crippen LogP contribution in [0.25, 0.3) is 0 Å². The lowest BCUT2D eigenvalue weighted by atomic mass is 10.1. The quantitative estimate of drug-likeness (QED) is 0.508. The molecule has 3 nitrogen and oxygen atoms in total. The molecule has 0 fully saturated rings. The van der Waals surface area contributed by atoms with E-state index in [0.717, 1.165) is 12.1 Å². The summed E-state index contributed by atoms with van der Waals surface area (Å²) in [6, 6.07) is 3.28. The van der Waals surface area contributed by atoms with Gasteiger partial charge in [-0.05, 0) is 28.1 Å². The normalized spacial score (nSPS) is 12.3. The Labute approximate surface area is 114 Å². The van der Waals surface area contributed by atoms with E-state index in [2.05, 4.69) is 20.9 Å². The van der Waals surface area contributed by atoms with Gasteiger partial charge in [-0.25, -0.2) is 4.99 Å². The third-order valence-corrected chi connectivity index (χ3v) is 2.82. The molecule has 0 aliphatic rings. The molecule has 8 heteroatoms. The molecule has 0 unspecified atom stereocenters. The lowest BCUT2D eigenvalue weighted by Crippen LogP contribution is -2.13. The van der Waals surface area contributed by atoms with Crippen LogP contribution in [0.15, 0.2) is 21.6 Å². The van der Waals surface area contributed by atoms with E-state index >= 15 is 0 Å². The molecule has 18 heavy (non-hydrogen) atoms. The van der Waals surface area contributed by atoms with Gasteiger partial charge in [0.1, 0.15) is 5.84 Å². The summed E-state index contributed by atoms with van der Waals surface area (Å²) in [7, 11) is 0. The Hall–Kier alpha value is -1.26. The van der Waals surface area contributed by atoms with Crippen LogP contribution in [0.5, 0.6) is 0 Å². The Morgan fingerprint density at radius 3 is 2.56 bits per heavy atom.